The monoisotopic (exact) mass is 346 g/mol. The van der Waals surface area contributed by atoms with Crippen molar-refractivity contribution in [1.29, 1.82) is 0 Å². The third-order valence-corrected chi connectivity index (χ3v) is 4.41. The van der Waals surface area contributed by atoms with Gasteiger partial charge in [0.2, 0.25) is 11.8 Å². The topological polar surface area (TPSA) is 76.0 Å². The molecule has 2 N–H and O–H groups in total. The smallest absolute Gasteiger partial charge is 0.226 e. The summed E-state index contributed by atoms with van der Waals surface area (Å²) in [5, 5.41) is 6.09. The van der Waals surface area contributed by atoms with E-state index in [2.05, 4.69) is 15.6 Å². The molecule has 126 valence electrons. The van der Waals surface area contributed by atoms with Gasteiger partial charge in [0.15, 0.2) is 0 Å². The van der Waals surface area contributed by atoms with Gasteiger partial charge in [-0.25, -0.2) is 4.98 Å². The number of carbonyl (C=O) groups excluding carboxylic acids is 2. The standard InChI is InChI=1S/C17H19ClN4O2/c1-11-8-13(11)17(24)20-5-4-16(23)21-12-2-3-15(14(18)9-12)22-7-6-19-10-22/h2-3,6-7,9-11,13H,4-5,8H2,1H3,(H,20,24)(H,21,23)/t11-,13-/m0/s1. The molecule has 24 heavy (non-hydrogen) atoms. The van der Waals surface area contributed by atoms with Crippen molar-refractivity contribution in [2.24, 2.45) is 11.8 Å². The molecule has 0 radical (unpaired) electrons. The fourth-order valence-corrected chi connectivity index (χ4v) is 2.82. The van der Waals surface area contributed by atoms with E-state index in [4.69, 9.17) is 11.6 Å². The number of amides is 2. The first-order chi connectivity index (χ1) is 11.5. The van der Waals surface area contributed by atoms with Crippen molar-refractivity contribution in [2.45, 2.75) is 19.8 Å². The van der Waals surface area contributed by atoms with Crippen LogP contribution in [0.4, 0.5) is 5.69 Å². The van der Waals surface area contributed by atoms with Crippen molar-refractivity contribution in [2.75, 3.05) is 11.9 Å². The molecule has 2 amide bonds. The minimum atomic E-state index is -0.161. The van der Waals surface area contributed by atoms with Crippen molar-refractivity contribution in [3.63, 3.8) is 0 Å². The number of hydrogen-bond donors (Lipinski definition) is 2. The van der Waals surface area contributed by atoms with E-state index in [0.29, 0.717) is 23.2 Å². The normalized spacial score (nSPS) is 18.9. The van der Waals surface area contributed by atoms with Gasteiger partial charge in [-0.2, -0.15) is 0 Å². The van der Waals surface area contributed by atoms with Gasteiger partial charge in [0.05, 0.1) is 17.0 Å². The van der Waals surface area contributed by atoms with Crippen molar-refractivity contribution < 1.29 is 9.59 Å². The van der Waals surface area contributed by atoms with Crippen LogP contribution in [0.25, 0.3) is 5.69 Å². The average molecular weight is 347 g/mol. The summed E-state index contributed by atoms with van der Waals surface area (Å²) in [6.07, 6.45) is 6.29. The third-order valence-electron chi connectivity index (χ3n) is 4.11. The number of nitrogens with one attached hydrogen (secondary N) is 2. The van der Waals surface area contributed by atoms with Crippen LogP contribution in [0.1, 0.15) is 19.8 Å². The van der Waals surface area contributed by atoms with Crippen LogP contribution in [0.15, 0.2) is 36.9 Å². The van der Waals surface area contributed by atoms with Crippen molar-refractivity contribution in [3.05, 3.63) is 41.9 Å². The van der Waals surface area contributed by atoms with Crippen LogP contribution in [0.5, 0.6) is 0 Å². The molecule has 1 saturated carbocycles. The summed E-state index contributed by atoms with van der Waals surface area (Å²) >= 11 is 6.25. The second-order valence-electron chi connectivity index (χ2n) is 6.04. The van der Waals surface area contributed by atoms with Gasteiger partial charge in [0, 0.05) is 37.0 Å². The minimum absolute atomic E-state index is 0.0445. The van der Waals surface area contributed by atoms with E-state index in [1.54, 1.807) is 35.4 Å². The summed E-state index contributed by atoms with van der Waals surface area (Å²) in [7, 11) is 0. The van der Waals surface area contributed by atoms with Gasteiger partial charge in [-0.3, -0.25) is 9.59 Å². The van der Waals surface area contributed by atoms with Gasteiger partial charge in [-0.1, -0.05) is 18.5 Å². The molecule has 6 nitrogen and oxygen atoms in total. The zero-order chi connectivity index (χ0) is 17.1. The highest BCUT2D eigenvalue weighted by atomic mass is 35.5. The second-order valence-corrected chi connectivity index (χ2v) is 6.45. The number of nitrogens with zero attached hydrogens (tertiary/aromatic N) is 2. The summed E-state index contributed by atoms with van der Waals surface area (Å²) in [6, 6.07) is 5.29. The molecule has 0 aliphatic heterocycles. The van der Waals surface area contributed by atoms with Crippen LogP contribution in [-0.2, 0) is 9.59 Å². The molecule has 2 atom stereocenters. The Morgan fingerprint density at radius 3 is 2.83 bits per heavy atom. The number of benzene rings is 1. The zero-order valence-corrected chi connectivity index (χ0v) is 14.1. The average Bonchev–Trinajstić information content (AvgIpc) is 3.05. The summed E-state index contributed by atoms with van der Waals surface area (Å²) in [4.78, 5) is 27.6. The van der Waals surface area contributed by atoms with E-state index in [0.717, 1.165) is 12.1 Å². The van der Waals surface area contributed by atoms with Gasteiger partial charge in [-0.05, 0) is 30.5 Å². The molecule has 1 aromatic carbocycles. The quantitative estimate of drug-likeness (QED) is 0.844. The number of aromatic nitrogens is 2. The van der Waals surface area contributed by atoms with Crippen LogP contribution in [0, 0.1) is 11.8 Å². The lowest BCUT2D eigenvalue weighted by Crippen LogP contribution is -2.29. The van der Waals surface area contributed by atoms with Crippen molar-refractivity contribution in [1.82, 2.24) is 14.9 Å². The highest BCUT2D eigenvalue weighted by Crippen LogP contribution is 2.37. The molecule has 1 fully saturated rings. The van der Waals surface area contributed by atoms with E-state index in [1.165, 1.54) is 0 Å². The highest BCUT2D eigenvalue weighted by molar-refractivity contribution is 6.32. The SMILES string of the molecule is C[C@H]1C[C@@H]1C(=O)NCCC(=O)Nc1ccc(-n2ccnc2)c(Cl)c1. The predicted molar refractivity (Wildman–Crippen MR) is 92.1 cm³/mol. The number of rotatable bonds is 6. The Morgan fingerprint density at radius 1 is 1.42 bits per heavy atom. The van der Waals surface area contributed by atoms with E-state index >= 15 is 0 Å². The number of carbonyl (C=O) groups is 2. The molecule has 1 aliphatic rings. The molecule has 7 heteroatoms. The molecule has 1 aliphatic carbocycles. The number of halogens is 1. The van der Waals surface area contributed by atoms with Gasteiger partial charge in [0.25, 0.3) is 0 Å². The van der Waals surface area contributed by atoms with E-state index in [1.807, 2.05) is 13.0 Å². The van der Waals surface area contributed by atoms with Crippen molar-refractivity contribution >= 4 is 29.1 Å². The predicted octanol–water partition coefficient (Wildman–Crippen LogP) is 2.63. The molecule has 1 aromatic heterocycles. The summed E-state index contributed by atoms with van der Waals surface area (Å²) < 4.78 is 1.79. The van der Waals surface area contributed by atoms with Crippen LogP contribution in [-0.4, -0.2) is 27.9 Å². The fraction of sp³-hybridized carbons (Fsp3) is 0.353. The third kappa shape index (κ3) is 3.94. The van der Waals surface area contributed by atoms with Crippen molar-refractivity contribution in [3.8, 4) is 5.69 Å². The maximum absolute atomic E-state index is 11.9. The number of anilines is 1. The van der Waals surface area contributed by atoms with E-state index in [9.17, 15) is 9.59 Å². The fourth-order valence-electron chi connectivity index (χ4n) is 2.54. The summed E-state index contributed by atoms with van der Waals surface area (Å²) in [5.41, 5.74) is 1.41. The van der Waals surface area contributed by atoms with E-state index in [-0.39, 0.29) is 24.2 Å². The summed E-state index contributed by atoms with van der Waals surface area (Å²) in [6.45, 7) is 2.39. The molecular formula is C17H19ClN4O2. The van der Waals surface area contributed by atoms with Crippen LogP contribution in [0.2, 0.25) is 5.02 Å². The molecule has 0 saturated heterocycles. The Balaban J connectivity index is 1.49. The molecule has 2 aromatic rings. The first-order valence-electron chi connectivity index (χ1n) is 7.90. The van der Waals surface area contributed by atoms with Crippen LogP contribution < -0.4 is 10.6 Å². The van der Waals surface area contributed by atoms with Gasteiger partial charge < -0.3 is 15.2 Å². The Kier molecular flexibility index (Phi) is 4.85. The lowest BCUT2D eigenvalue weighted by atomic mass is 10.2. The Labute approximate surface area is 145 Å². The first kappa shape index (κ1) is 16.5. The molecule has 0 spiro atoms. The Bertz CT molecular complexity index is 745. The van der Waals surface area contributed by atoms with Gasteiger partial charge in [0.1, 0.15) is 0 Å². The zero-order valence-electron chi connectivity index (χ0n) is 13.3. The Hall–Kier alpha value is -2.34. The molecule has 1 heterocycles. The van der Waals surface area contributed by atoms with Crippen LogP contribution in [0.3, 0.4) is 0 Å². The second kappa shape index (κ2) is 7.05. The van der Waals surface area contributed by atoms with Crippen LogP contribution >= 0.6 is 11.6 Å². The minimum Gasteiger partial charge on any atom is -0.355 e. The van der Waals surface area contributed by atoms with Gasteiger partial charge in [-0.15, -0.1) is 0 Å². The number of imidazole rings is 1. The highest BCUT2D eigenvalue weighted by Gasteiger charge is 2.38. The molecular weight excluding hydrogens is 328 g/mol. The molecule has 0 bridgehead atoms. The van der Waals surface area contributed by atoms with E-state index < -0.39 is 0 Å². The maximum atomic E-state index is 11.9. The lowest BCUT2D eigenvalue weighted by molar-refractivity contribution is -0.122. The Morgan fingerprint density at radius 2 is 2.21 bits per heavy atom. The summed E-state index contributed by atoms with van der Waals surface area (Å²) in [5.74, 6) is 0.478. The van der Waals surface area contributed by atoms with Gasteiger partial charge >= 0.3 is 0 Å². The molecule has 3 rings (SSSR count). The maximum Gasteiger partial charge on any atom is 0.226 e. The first-order valence-corrected chi connectivity index (χ1v) is 8.28. The largest absolute Gasteiger partial charge is 0.355 e. The molecule has 0 unspecified atom stereocenters. The lowest BCUT2D eigenvalue weighted by Gasteiger charge is -2.10. The number of hydrogen-bond acceptors (Lipinski definition) is 3.